The van der Waals surface area contributed by atoms with Crippen molar-refractivity contribution < 1.29 is 14.7 Å². The van der Waals surface area contributed by atoms with E-state index in [1.54, 1.807) is 22.7 Å². The van der Waals surface area contributed by atoms with Crippen LogP contribution in [0.15, 0.2) is 42.5 Å². The zero-order valence-corrected chi connectivity index (χ0v) is 15.5. The Morgan fingerprint density at radius 3 is 2.50 bits per heavy atom. The van der Waals surface area contributed by atoms with Crippen LogP contribution in [0.2, 0.25) is 0 Å². The van der Waals surface area contributed by atoms with E-state index in [1.165, 1.54) is 0 Å². The van der Waals surface area contributed by atoms with E-state index in [9.17, 15) is 9.59 Å². The standard InChI is InChI=1S/C19H20N6O3/c1-23(2)14-10-24(11-14)17(26)13-8-6-12(7-9-13)15-4-3-5-16-20-18(21-19(27)28)22-25(15)16/h3-9,14H,10-11H2,1-2H3,(H,21,22)(H,27,28). The maximum atomic E-state index is 12.6. The number of carbonyl (C=O) groups excluding carboxylic acids is 1. The van der Waals surface area contributed by atoms with Gasteiger partial charge in [-0.25, -0.2) is 9.31 Å². The molecule has 0 atom stereocenters. The van der Waals surface area contributed by atoms with E-state index in [2.05, 4.69) is 20.3 Å². The quantitative estimate of drug-likeness (QED) is 0.716. The highest BCUT2D eigenvalue weighted by molar-refractivity contribution is 5.95. The molecule has 0 radical (unpaired) electrons. The molecule has 0 bridgehead atoms. The Bertz CT molecular complexity index is 1040. The third-order valence-electron chi connectivity index (χ3n) is 4.89. The summed E-state index contributed by atoms with van der Waals surface area (Å²) in [5.74, 6) is 0.0385. The molecule has 2 N–H and O–H groups in total. The van der Waals surface area contributed by atoms with Crippen molar-refractivity contribution in [1.29, 1.82) is 0 Å². The smallest absolute Gasteiger partial charge is 0.411 e. The number of rotatable bonds is 4. The number of pyridine rings is 1. The second kappa shape index (κ2) is 6.93. The summed E-state index contributed by atoms with van der Waals surface area (Å²) in [7, 11) is 4.03. The zero-order valence-electron chi connectivity index (χ0n) is 15.5. The van der Waals surface area contributed by atoms with Gasteiger partial charge in [0.05, 0.1) is 5.69 Å². The lowest BCUT2D eigenvalue weighted by Crippen LogP contribution is -2.59. The first-order chi connectivity index (χ1) is 13.4. The Morgan fingerprint density at radius 1 is 1.14 bits per heavy atom. The lowest BCUT2D eigenvalue weighted by Gasteiger charge is -2.42. The number of carboxylic acid groups (broad SMARTS) is 1. The van der Waals surface area contributed by atoms with E-state index in [-0.39, 0.29) is 11.9 Å². The van der Waals surface area contributed by atoms with Crippen molar-refractivity contribution in [2.45, 2.75) is 6.04 Å². The number of amides is 2. The van der Waals surface area contributed by atoms with Gasteiger partial charge in [-0.3, -0.25) is 10.1 Å². The molecule has 28 heavy (non-hydrogen) atoms. The number of likely N-dealkylation sites (N-methyl/N-ethyl adjacent to an activating group) is 1. The molecule has 2 aromatic heterocycles. The largest absolute Gasteiger partial charge is 0.465 e. The predicted octanol–water partition coefficient (Wildman–Crippen LogP) is 1.87. The van der Waals surface area contributed by atoms with Gasteiger partial charge in [0.15, 0.2) is 5.65 Å². The van der Waals surface area contributed by atoms with Gasteiger partial charge < -0.3 is 14.9 Å². The molecule has 0 unspecified atom stereocenters. The van der Waals surface area contributed by atoms with Crippen molar-refractivity contribution >= 4 is 23.6 Å². The predicted molar refractivity (Wildman–Crippen MR) is 103 cm³/mol. The number of benzene rings is 1. The summed E-state index contributed by atoms with van der Waals surface area (Å²) in [4.78, 5) is 31.5. The molecular weight excluding hydrogens is 360 g/mol. The lowest BCUT2D eigenvalue weighted by atomic mass is 10.0. The summed E-state index contributed by atoms with van der Waals surface area (Å²) in [6.07, 6.45) is -1.22. The van der Waals surface area contributed by atoms with Crippen molar-refractivity contribution in [3.63, 3.8) is 0 Å². The van der Waals surface area contributed by atoms with Gasteiger partial charge in [-0.2, -0.15) is 4.98 Å². The summed E-state index contributed by atoms with van der Waals surface area (Å²) in [6, 6.07) is 13.2. The van der Waals surface area contributed by atoms with Crippen molar-refractivity contribution in [1.82, 2.24) is 24.4 Å². The van der Waals surface area contributed by atoms with Crippen LogP contribution in [0.5, 0.6) is 0 Å². The zero-order chi connectivity index (χ0) is 19.8. The molecule has 1 aromatic carbocycles. The maximum Gasteiger partial charge on any atom is 0.411 e. The fourth-order valence-corrected chi connectivity index (χ4v) is 3.19. The van der Waals surface area contributed by atoms with Gasteiger partial charge in [-0.1, -0.05) is 18.2 Å². The minimum atomic E-state index is -1.22. The van der Waals surface area contributed by atoms with Crippen LogP contribution >= 0.6 is 0 Å². The highest BCUT2D eigenvalue weighted by atomic mass is 16.4. The maximum absolute atomic E-state index is 12.6. The summed E-state index contributed by atoms with van der Waals surface area (Å²) in [6.45, 7) is 1.48. The molecule has 144 valence electrons. The second-order valence-electron chi connectivity index (χ2n) is 6.95. The molecule has 9 nitrogen and oxygen atoms in total. The molecule has 3 heterocycles. The van der Waals surface area contributed by atoms with E-state index in [1.807, 2.05) is 43.3 Å². The molecule has 9 heteroatoms. The van der Waals surface area contributed by atoms with Crippen molar-refractivity contribution in [2.75, 3.05) is 32.5 Å². The Morgan fingerprint density at radius 2 is 1.86 bits per heavy atom. The molecule has 2 amide bonds. The van der Waals surface area contributed by atoms with Gasteiger partial charge in [-0.15, -0.1) is 5.10 Å². The van der Waals surface area contributed by atoms with Crippen molar-refractivity contribution in [3.8, 4) is 11.3 Å². The molecular formula is C19H20N6O3. The lowest BCUT2D eigenvalue weighted by molar-refractivity contribution is 0.0399. The number of aromatic nitrogens is 3. The normalized spacial score (nSPS) is 14.3. The molecule has 1 aliphatic rings. The summed E-state index contributed by atoms with van der Waals surface area (Å²) < 4.78 is 1.57. The summed E-state index contributed by atoms with van der Waals surface area (Å²) >= 11 is 0. The highest BCUT2D eigenvalue weighted by Crippen LogP contribution is 2.23. The van der Waals surface area contributed by atoms with Gasteiger partial charge in [0.1, 0.15) is 0 Å². The molecule has 0 spiro atoms. The van der Waals surface area contributed by atoms with Gasteiger partial charge in [0.2, 0.25) is 0 Å². The van der Waals surface area contributed by atoms with Crippen LogP contribution in [0, 0.1) is 0 Å². The van der Waals surface area contributed by atoms with E-state index < -0.39 is 6.09 Å². The average Bonchev–Trinajstić information content (AvgIpc) is 3.01. The fraction of sp³-hybridized carbons (Fsp3) is 0.263. The molecule has 3 aromatic rings. The number of likely N-dealkylation sites (tertiary alicyclic amines) is 1. The highest BCUT2D eigenvalue weighted by Gasteiger charge is 2.32. The van der Waals surface area contributed by atoms with Crippen LogP contribution in [0.25, 0.3) is 16.9 Å². The number of fused-ring (bicyclic) bond motifs is 1. The van der Waals surface area contributed by atoms with Gasteiger partial charge in [0, 0.05) is 30.3 Å². The third kappa shape index (κ3) is 3.27. The van der Waals surface area contributed by atoms with Gasteiger partial charge >= 0.3 is 6.09 Å². The van der Waals surface area contributed by atoms with Crippen LogP contribution in [-0.2, 0) is 0 Å². The number of nitrogens with zero attached hydrogens (tertiary/aromatic N) is 5. The van der Waals surface area contributed by atoms with Crippen LogP contribution in [0.3, 0.4) is 0 Å². The Labute approximate surface area is 161 Å². The first kappa shape index (κ1) is 17.9. The second-order valence-corrected chi connectivity index (χ2v) is 6.95. The molecule has 1 aliphatic heterocycles. The van der Waals surface area contributed by atoms with Crippen LogP contribution in [0.4, 0.5) is 10.7 Å². The fourth-order valence-electron chi connectivity index (χ4n) is 3.19. The molecule has 1 fully saturated rings. The topological polar surface area (TPSA) is 103 Å². The molecule has 0 aliphatic carbocycles. The van der Waals surface area contributed by atoms with E-state index in [4.69, 9.17) is 5.11 Å². The van der Waals surface area contributed by atoms with Crippen LogP contribution < -0.4 is 5.32 Å². The summed E-state index contributed by atoms with van der Waals surface area (Å²) in [5.41, 5.74) is 2.76. The average molecular weight is 380 g/mol. The molecule has 0 saturated carbocycles. The monoisotopic (exact) mass is 380 g/mol. The first-order valence-electron chi connectivity index (χ1n) is 8.84. The Hall–Kier alpha value is -3.46. The number of nitrogens with one attached hydrogen (secondary N) is 1. The van der Waals surface area contributed by atoms with Crippen molar-refractivity contribution in [2.24, 2.45) is 0 Å². The summed E-state index contributed by atoms with van der Waals surface area (Å²) in [5, 5.41) is 15.2. The van der Waals surface area contributed by atoms with Gasteiger partial charge in [0.25, 0.3) is 11.9 Å². The number of carbonyl (C=O) groups is 2. The van der Waals surface area contributed by atoms with E-state index in [0.29, 0.717) is 17.3 Å². The van der Waals surface area contributed by atoms with E-state index in [0.717, 1.165) is 24.3 Å². The minimum Gasteiger partial charge on any atom is -0.465 e. The van der Waals surface area contributed by atoms with Gasteiger partial charge in [-0.05, 0) is 38.4 Å². The first-order valence-corrected chi connectivity index (χ1v) is 8.84. The number of hydrogen-bond acceptors (Lipinski definition) is 5. The SMILES string of the molecule is CN(C)C1CN(C(=O)c2ccc(-c3cccc4nc(NC(=O)O)nn34)cc2)C1. The Kier molecular flexibility index (Phi) is 4.44. The van der Waals surface area contributed by atoms with Crippen LogP contribution in [-0.4, -0.2) is 74.7 Å². The van der Waals surface area contributed by atoms with Crippen LogP contribution in [0.1, 0.15) is 10.4 Å². The molecule has 1 saturated heterocycles. The Balaban J connectivity index is 1.56. The van der Waals surface area contributed by atoms with E-state index >= 15 is 0 Å². The third-order valence-corrected chi connectivity index (χ3v) is 4.89. The minimum absolute atomic E-state index is 0.0139. The van der Waals surface area contributed by atoms with Crippen molar-refractivity contribution in [3.05, 3.63) is 48.0 Å². The number of hydrogen-bond donors (Lipinski definition) is 2. The molecule has 4 rings (SSSR count). The number of anilines is 1.